The highest BCUT2D eigenvalue weighted by Gasteiger charge is 2.22. The van der Waals surface area contributed by atoms with E-state index in [0.29, 0.717) is 19.0 Å². The molecule has 0 aromatic rings. The van der Waals surface area contributed by atoms with E-state index in [1.807, 2.05) is 0 Å². The molecule has 1 aliphatic carbocycles. The Kier molecular flexibility index (Phi) is 3.77. The molecule has 1 saturated heterocycles. The Bertz CT molecular complexity index is 276. The quantitative estimate of drug-likeness (QED) is 0.598. The van der Waals surface area contributed by atoms with Crippen molar-refractivity contribution >= 4 is 11.8 Å². The summed E-state index contributed by atoms with van der Waals surface area (Å²) in [6.45, 7) is 2.43. The monoisotopic (exact) mass is 225 g/mol. The number of rotatable bonds is 6. The smallest absolute Gasteiger partial charge is 0.239 e. The van der Waals surface area contributed by atoms with Crippen molar-refractivity contribution in [3.8, 4) is 0 Å². The molecule has 1 saturated carbocycles. The lowest BCUT2D eigenvalue weighted by atomic mass is 10.4. The maximum absolute atomic E-state index is 11.5. The van der Waals surface area contributed by atoms with Gasteiger partial charge in [0.15, 0.2) is 0 Å². The normalized spacial score (nSPS) is 20.2. The molecule has 1 aliphatic heterocycles. The van der Waals surface area contributed by atoms with Crippen molar-refractivity contribution in [3.63, 3.8) is 0 Å². The van der Waals surface area contributed by atoms with Crippen molar-refractivity contribution in [3.05, 3.63) is 0 Å². The van der Waals surface area contributed by atoms with Crippen molar-refractivity contribution in [2.75, 3.05) is 26.2 Å². The third-order valence-electron chi connectivity index (χ3n) is 2.96. The summed E-state index contributed by atoms with van der Waals surface area (Å²) in [5.74, 6) is 0.0547. The average molecular weight is 225 g/mol. The van der Waals surface area contributed by atoms with E-state index < -0.39 is 0 Å². The van der Waals surface area contributed by atoms with Crippen LogP contribution in [0.4, 0.5) is 0 Å². The van der Waals surface area contributed by atoms with Gasteiger partial charge in [0.05, 0.1) is 6.54 Å². The lowest BCUT2D eigenvalue weighted by Crippen LogP contribution is -2.40. The highest BCUT2D eigenvalue weighted by Crippen LogP contribution is 2.17. The van der Waals surface area contributed by atoms with Gasteiger partial charge in [0, 0.05) is 32.1 Å². The van der Waals surface area contributed by atoms with Crippen molar-refractivity contribution < 1.29 is 9.59 Å². The van der Waals surface area contributed by atoms with E-state index in [4.69, 9.17) is 0 Å². The number of carbonyl (C=O) groups excluding carboxylic acids is 2. The highest BCUT2D eigenvalue weighted by molar-refractivity contribution is 5.85. The molecule has 0 atom stereocenters. The zero-order chi connectivity index (χ0) is 11.4. The number of nitrogens with zero attached hydrogens (tertiary/aromatic N) is 1. The minimum Gasteiger partial charge on any atom is -0.353 e. The molecule has 16 heavy (non-hydrogen) atoms. The highest BCUT2D eigenvalue weighted by atomic mass is 16.2. The minimum absolute atomic E-state index is 0.0483. The van der Waals surface area contributed by atoms with Crippen molar-refractivity contribution in [2.45, 2.75) is 31.7 Å². The molecule has 0 bridgehead atoms. The van der Waals surface area contributed by atoms with Crippen LogP contribution in [0, 0.1) is 0 Å². The number of likely N-dealkylation sites (tertiary alicyclic amines) is 1. The van der Waals surface area contributed by atoms with Gasteiger partial charge in [-0.15, -0.1) is 0 Å². The van der Waals surface area contributed by atoms with Crippen molar-refractivity contribution in [2.24, 2.45) is 0 Å². The number of carbonyl (C=O) groups is 2. The molecule has 2 N–H and O–H groups in total. The Balaban J connectivity index is 1.54. The van der Waals surface area contributed by atoms with Gasteiger partial charge >= 0.3 is 0 Å². The standard InChI is InChI=1S/C11H19N3O2/c15-10(8-14-7-1-2-11(14)16)13-6-5-12-9-3-4-9/h9,12H,1-8H2,(H,13,15). The molecular formula is C11H19N3O2. The first kappa shape index (κ1) is 11.4. The molecule has 2 aliphatic rings. The van der Waals surface area contributed by atoms with Gasteiger partial charge in [-0.05, 0) is 19.3 Å². The molecule has 5 heteroatoms. The molecule has 0 aromatic carbocycles. The van der Waals surface area contributed by atoms with Crippen molar-refractivity contribution in [1.82, 2.24) is 15.5 Å². The van der Waals surface area contributed by atoms with E-state index in [-0.39, 0.29) is 18.4 Å². The minimum atomic E-state index is -0.0483. The third-order valence-corrected chi connectivity index (χ3v) is 2.96. The third kappa shape index (κ3) is 3.48. The van der Waals surface area contributed by atoms with Crippen LogP contribution in [0.5, 0.6) is 0 Å². The fourth-order valence-electron chi connectivity index (χ4n) is 1.87. The van der Waals surface area contributed by atoms with Crippen molar-refractivity contribution in [1.29, 1.82) is 0 Å². The van der Waals surface area contributed by atoms with Crippen LogP contribution in [0.1, 0.15) is 25.7 Å². The van der Waals surface area contributed by atoms with Crippen LogP contribution < -0.4 is 10.6 Å². The van der Waals surface area contributed by atoms with Gasteiger partial charge in [-0.2, -0.15) is 0 Å². The first-order valence-electron chi connectivity index (χ1n) is 6.03. The molecule has 0 spiro atoms. The van der Waals surface area contributed by atoms with Gasteiger partial charge in [-0.3, -0.25) is 9.59 Å². The van der Waals surface area contributed by atoms with Crippen LogP contribution in [0.2, 0.25) is 0 Å². The summed E-state index contributed by atoms with van der Waals surface area (Å²) in [7, 11) is 0. The Hall–Kier alpha value is -1.10. The number of hydrogen-bond donors (Lipinski definition) is 2. The lowest BCUT2D eigenvalue weighted by Gasteiger charge is -2.14. The molecule has 0 radical (unpaired) electrons. The molecule has 2 amide bonds. The van der Waals surface area contributed by atoms with Gasteiger partial charge in [0.1, 0.15) is 0 Å². The summed E-state index contributed by atoms with van der Waals surface area (Å²) in [6, 6.07) is 0.678. The van der Waals surface area contributed by atoms with E-state index in [1.165, 1.54) is 12.8 Å². The molecule has 2 rings (SSSR count). The van der Waals surface area contributed by atoms with Gasteiger partial charge in [-0.25, -0.2) is 0 Å². The van der Waals surface area contributed by atoms with E-state index in [9.17, 15) is 9.59 Å². The van der Waals surface area contributed by atoms with E-state index in [2.05, 4.69) is 10.6 Å². The fourth-order valence-corrected chi connectivity index (χ4v) is 1.87. The van der Waals surface area contributed by atoms with Gasteiger partial charge < -0.3 is 15.5 Å². The predicted octanol–water partition coefficient (Wildman–Crippen LogP) is -0.523. The van der Waals surface area contributed by atoms with Crippen LogP contribution in [0.15, 0.2) is 0 Å². The maximum Gasteiger partial charge on any atom is 0.239 e. The Morgan fingerprint density at radius 3 is 2.81 bits per heavy atom. The summed E-state index contributed by atoms with van der Waals surface area (Å²) >= 11 is 0. The fraction of sp³-hybridized carbons (Fsp3) is 0.818. The molecule has 5 nitrogen and oxygen atoms in total. The second-order valence-electron chi connectivity index (χ2n) is 4.50. The zero-order valence-electron chi connectivity index (χ0n) is 9.50. The topological polar surface area (TPSA) is 61.4 Å². The molecule has 1 heterocycles. The first-order valence-corrected chi connectivity index (χ1v) is 6.03. The lowest BCUT2D eigenvalue weighted by molar-refractivity contribution is -0.133. The van der Waals surface area contributed by atoms with Crippen LogP contribution in [-0.2, 0) is 9.59 Å². The molecular weight excluding hydrogens is 206 g/mol. The average Bonchev–Trinajstić information content (AvgIpc) is 3.00. The molecule has 0 unspecified atom stereocenters. The summed E-state index contributed by atoms with van der Waals surface area (Å²) in [5, 5.41) is 6.14. The number of hydrogen-bond acceptors (Lipinski definition) is 3. The van der Waals surface area contributed by atoms with E-state index >= 15 is 0 Å². The maximum atomic E-state index is 11.5. The summed E-state index contributed by atoms with van der Waals surface area (Å²) < 4.78 is 0. The summed E-state index contributed by atoms with van der Waals surface area (Å²) in [6.07, 6.45) is 4.00. The van der Waals surface area contributed by atoms with Gasteiger partial charge in [0.2, 0.25) is 11.8 Å². The van der Waals surface area contributed by atoms with E-state index in [1.54, 1.807) is 4.90 Å². The number of amides is 2. The number of nitrogens with one attached hydrogen (secondary N) is 2. The second-order valence-corrected chi connectivity index (χ2v) is 4.50. The van der Waals surface area contributed by atoms with Crippen LogP contribution in [0.25, 0.3) is 0 Å². The van der Waals surface area contributed by atoms with Gasteiger partial charge in [-0.1, -0.05) is 0 Å². The Morgan fingerprint density at radius 2 is 2.19 bits per heavy atom. The molecule has 90 valence electrons. The SMILES string of the molecule is O=C(CN1CCCC1=O)NCCNC1CC1. The molecule has 2 fully saturated rings. The van der Waals surface area contributed by atoms with Crippen LogP contribution in [0.3, 0.4) is 0 Å². The van der Waals surface area contributed by atoms with Gasteiger partial charge in [0.25, 0.3) is 0 Å². The Morgan fingerprint density at radius 1 is 1.38 bits per heavy atom. The zero-order valence-corrected chi connectivity index (χ0v) is 9.50. The predicted molar refractivity (Wildman–Crippen MR) is 59.8 cm³/mol. The molecule has 0 aromatic heterocycles. The van der Waals surface area contributed by atoms with Crippen LogP contribution >= 0.6 is 0 Å². The first-order chi connectivity index (χ1) is 7.75. The largest absolute Gasteiger partial charge is 0.353 e. The second kappa shape index (κ2) is 5.30. The Labute approximate surface area is 95.6 Å². The van der Waals surface area contributed by atoms with E-state index in [0.717, 1.165) is 19.5 Å². The summed E-state index contributed by atoms with van der Waals surface area (Å²) in [5.41, 5.74) is 0. The van der Waals surface area contributed by atoms with Crippen LogP contribution in [-0.4, -0.2) is 48.9 Å². The summed E-state index contributed by atoms with van der Waals surface area (Å²) in [4.78, 5) is 24.4.